The molecule has 2 rings (SSSR count). The highest BCUT2D eigenvalue weighted by Gasteiger charge is 2.13. The first-order valence-electron chi connectivity index (χ1n) is 7.34. The fourth-order valence-electron chi connectivity index (χ4n) is 2.59. The zero-order valence-electron chi connectivity index (χ0n) is 12.4. The van der Waals surface area contributed by atoms with Crippen molar-refractivity contribution in [2.24, 2.45) is 0 Å². The molecule has 0 aromatic heterocycles. The molecule has 0 aliphatic rings. The average Bonchev–Trinajstić information content (AvgIpc) is 2.44. The van der Waals surface area contributed by atoms with E-state index in [1.807, 2.05) is 24.3 Å². The average molecular weight is 306 g/mol. The predicted octanol–water partition coefficient (Wildman–Crippen LogP) is 5.15. The third kappa shape index (κ3) is 4.83. The van der Waals surface area contributed by atoms with Gasteiger partial charge in [0.25, 0.3) is 0 Å². The summed E-state index contributed by atoms with van der Waals surface area (Å²) in [6.07, 6.45) is 1.82. The standard InChI is InChI=1S/C18H21ClFN/c1-3-18(15-7-5-9-17(20)12-15)21-13(2)10-14-6-4-8-16(19)11-14/h4-9,11-13,18,21H,3,10H2,1-2H3. The summed E-state index contributed by atoms with van der Waals surface area (Å²) in [6.45, 7) is 4.25. The molecular formula is C18H21ClFN. The van der Waals surface area contributed by atoms with Crippen LogP contribution in [0.15, 0.2) is 48.5 Å². The minimum atomic E-state index is -0.185. The molecule has 0 amide bonds. The van der Waals surface area contributed by atoms with Crippen molar-refractivity contribution in [1.29, 1.82) is 0 Å². The molecule has 2 atom stereocenters. The first-order valence-corrected chi connectivity index (χ1v) is 7.72. The molecule has 0 aliphatic carbocycles. The van der Waals surface area contributed by atoms with Gasteiger partial charge >= 0.3 is 0 Å². The van der Waals surface area contributed by atoms with E-state index in [4.69, 9.17) is 11.6 Å². The lowest BCUT2D eigenvalue weighted by Gasteiger charge is -2.23. The van der Waals surface area contributed by atoms with Crippen LogP contribution in [0.25, 0.3) is 0 Å². The summed E-state index contributed by atoms with van der Waals surface area (Å²) >= 11 is 6.01. The molecule has 112 valence electrons. The fraction of sp³-hybridized carbons (Fsp3) is 0.333. The zero-order chi connectivity index (χ0) is 15.2. The van der Waals surface area contributed by atoms with Crippen molar-refractivity contribution >= 4 is 11.6 Å². The van der Waals surface area contributed by atoms with Crippen molar-refractivity contribution in [2.75, 3.05) is 0 Å². The van der Waals surface area contributed by atoms with Gasteiger partial charge in [-0.15, -0.1) is 0 Å². The Morgan fingerprint density at radius 1 is 1.14 bits per heavy atom. The molecule has 0 spiro atoms. The van der Waals surface area contributed by atoms with Gasteiger partial charge in [0.15, 0.2) is 0 Å². The van der Waals surface area contributed by atoms with Crippen LogP contribution in [0.1, 0.15) is 37.4 Å². The van der Waals surface area contributed by atoms with Crippen LogP contribution < -0.4 is 5.32 Å². The van der Waals surface area contributed by atoms with E-state index in [2.05, 4.69) is 25.2 Å². The predicted molar refractivity (Wildman–Crippen MR) is 87.2 cm³/mol. The van der Waals surface area contributed by atoms with Crippen molar-refractivity contribution in [3.05, 3.63) is 70.5 Å². The zero-order valence-corrected chi connectivity index (χ0v) is 13.2. The maximum atomic E-state index is 13.4. The third-order valence-corrected chi connectivity index (χ3v) is 3.81. The normalized spacial score (nSPS) is 13.9. The molecule has 0 saturated heterocycles. The van der Waals surface area contributed by atoms with E-state index in [1.165, 1.54) is 11.6 Å². The number of halogens is 2. The van der Waals surface area contributed by atoms with Gasteiger partial charge in [-0.05, 0) is 55.2 Å². The van der Waals surface area contributed by atoms with Crippen LogP contribution in [0.5, 0.6) is 0 Å². The molecule has 3 heteroatoms. The van der Waals surface area contributed by atoms with E-state index in [-0.39, 0.29) is 17.9 Å². The van der Waals surface area contributed by atoms with E-state index in [9.17, 15) is 4.39 Å². The first-order chi connectivity index (χ1) is 10.1. The third-order valence-electron chi connectivity index (χ3n) is 3.58. The number of benzene rings is 2. The summed E-state index contributed by atoms with van der Waals surface area (Å²) < 4.78 is 13.4. The number of rotatable bonds is 6. The van der Waals surface area contributed by atoms with Crippen molar-refractivity contribution in [1.82, 2.24) is 5.32 Å². The van der Waals surface area contributed by atoms with Gasteiger partial charge in [0.05, 0.1) is 0 Å². The summed E-state index contributed by atoms with van der Waals surface area (Å²) in [4.78, 5) is 0. The van der Waals surface area contributed by atoms with E-state index in [0.29, 0.717) is 0 Å². The van der Waals surface area contributed by atoms with Crippen LogP contribution in [-0.4, -0.2) is 6.04 Å². The second kappa shape index (κ2) is 7.58. The monoisotopic (exact) mass is 305 g/mol. The molecular weight excluding hydrogens is 285 g/mol. The van der Waals surface area contributed by atoms with Gasteiger partial charge in [-0.2, -0.15) is 0 Å². The van der Waals surface area contributed by atoms with Gasteiger partial charge in [-0.1, -0.05) is 42.8 Å². The van der Waals surface area contributed by atoms with Crippen molar-refractivity contribution < 1.29 is 4.39 Å². The highest BCUT2D eigenvalue weighted by Crippen LogP contribution is 2.19. The summed E-state index contributed by atoms with van der Waals surface area (Å²) in [5, 5.41) is 4.33. The van der Waals surface area contributed by atoms with Gasteiger partial charge in [0.2, 0.25) is 0 Å². The Kier molecular flexibility index (Phi) is 5.77. The van der Waals surface area contributed by atoms with Crippen LogP contribution in [0.3, 0.4) is 0 Å². The summed E-state index contributed by atoms with van der Waals surface area (Å²) in [5.74, 6) is -0.185. The molecule has 1 N–H and O–H groups in total. The Morgan fingerprint density at radius 3 is 2.57 bits per heavy atom. The van der Waals surface area contributed by atoms with Crippen molar-refractivity contribution in [3.8, 4) is 0 Å². The summed E-state index contributed by atoms with van der Waals surface area (Å²) in [5.41, 5.74) is 2.20. The van der Waals surface area contributed by atoms with Crippen LogP contribution in [-0.2, 0) is 6.42 Å². The minimum Gasteiger partial charge on any atom is -0.307 e. The van der Waals surface area contributed by atoms with Crippen molar-refractivity contribution in [3.63, 3.8) is 0 Å². The van der Waals surface area contributed by atoms with Crippen LogP contribution in [0.2, 0.25) is 5.02 Å². The molecule has 0 saturated carbocycles. The molecule has 2 unspecified atom stereocenters. The van der Waals surface area contributed by atoms with Gasteiger partial charge < -0.3 is 5.32 Å². The maximum Gasteiger partial charge on any atom is 0.123 e. The second-order valence-corrected chi connectivity index (χ2v) is 5.85. The minimum absolute atomic E-state index is 0.162. The SMILES string of the molecule is CCC(NC(C)Cc1cccc(Cl)c1)c1cccc(F)c1. The lowest BCUT2D eigenvalue weighted by Crippen LogP contribution is -2.32. The molecule has 21 heavy (non-hydrogen) atoms. The second-order valence-electron chi connectivity index (χ2n) is 5.42. The maximum absolute atomic E-state index is 13.4. The molecule has 0 radical (unpaired) electrons. The van der Waals surface area contributed by atoms with E-state index >= 15 is 0 Å². The van der Waals surface area contributed by atoms with Crippen molar-refractivity contribution in [2.45, 2.75) is 38.8 Å². The Labute approximate surface area is 131 Å². The molecule has 0 fully saturated rings. The lowest BCUT2D eigenvalue weighted by molar-refractivity contribution is 0.442. The number of hydrogen-bond donors (Lipinski definition) is 1. The highest BCUT2D eigenvalue weighted by atomic mass is 35.5. The van der Waals surface area contributed by atoms with Crippen LogP contribution >= 0.6 is 11.6 Å². The lowest BCUT2D eigenvalue weighted by atomic mass is 10.0. The Hall–Kier alpha value is -1.38. The van der Waals surface area contributed by atoms with Gasteiger partial charge in [-0.3, -0.25) is 0 Å². The van der Waals surface area contributed by atoms with Gasteiger partial charge in [0, 0.05) is 17.1 Å². The van der Waals surface area contributed by atoms with Crippen LogP contribution in [0.4, 0.5) is 4.39 Å². The molecule has 2 aromatic rings. The Morgan fingerprint density at radius 2 is 1.90 bits per heavy atom. The fourth-order valence-corrected chi connectivity index (χ4v) is 2.81. The Balaban J connectivity index is 2.01. The van der Waals surface area contributed by atoms with E-state index in [1.54, 1.807) is 12.1 Å². The van der Waals surface area contributed by atoms with Gasteiger partial charge in [0.1, 0.15) is 5.82 Å². The first kappa shape index (κ1) is 16.0. The molecule has 1 nitrogen and oxygen atoms in total. The highest BCUT2D eigenvalue weighted by molar-refractivity contribution is 6.30. The quantitative estimate of drug-likeness (QED) is 0.778. The smallest absolute Gasteiger partial charge is 0.123 e. The number of hydrogen-bond acceptors (Lipinski definition) is 1. The molecule has 0 aliphatic heterocycles. The van der Waals surface area contributed by atoms with E-state index < -0.39 is 0 Å². The van der Waals surface area contributed by atoms with Crippen LogP contribution in [0, 0.1) is 5.82 Å². The van der Waals surface area contributed by atoms with Gasteiger partial charge in [-0.25, -0.2) is 4.39 Å². The molecule has 0 heterocycles. The summed E-state index contributed by atoms with van der Waals surface area (Å²) in [6, 6.07) is 15.2. The van der Waals surface area contributed by atoms with E-state index in [0.717, 1.165) is 23.4 Å². The molecule has 0 bridgehead atoms. The summed E-state index contributed by atoms with van der Waals surface area (Å²) in [7, 11) is 0. The largest absolute Gasteiger partial charge is 0.307 e. The molecule has 2 aromatic carbocycles. The number of nitrogens with one attached hydrogen (secondary N) is 1. The Bertz CT molecular complexity index is 585. The topological polar surface area (TPSA) is 12.0 Å².